The van der Waals surface area contributed by atoms with E-state index in [0.717, 1.165) is 10.3 Å². The standard InChI is InChI=1S/C13H19BrN2/c1-2-5-12-6-3-4-9-16(12)13-8-7-11(14)10-15-13/h7-8,10,12H,2-6,9H2,1H3. The predicted molar refractivity (Wildman–Crippen MR) is 71.8 cm³/mol. The number of nitrogens with zero attached hydrogens (tertiary/aromatic N) is 2. The van der Waals surface area contributed by atoms with Crippen molar-refractivity contribution >= 4 is 21.7 Å². The minimum atomic E-state index is 0.701. The van der Waals surface area contributed by atoms with Gasteiger partial charge in [0.2, 0.25) is 0 Å². The molecule has 2 rings (SSSR count). The van der Waals surface area contributed by atoms with E-state index in [9.17, 15) is 0 Å². The Labute approximate surface area is 106 Å². The number of halogens is 1. The lowest BCUT2D eigenvalue weighted by Gasteiger charge is -2.36. The molecule has 0 spiro atoms. The molecule has 1 aliphatic heterocycles. The third-order valence-electron chi connectivity index (χ3n) is 3.26. The smallest absolute Gasteiger partial charge is 0.128 e. The number of aromatic nitrogens is 1. The highest BCUT2D eigenvalue weighted by atomic mass is 79.9. The summed E-state index contributed by atoms with van der Waals surface area (Å²) in [6, 6.07) is 4.91. The molecule has 1 saturated heterocycles. The SMILES string of the molecule is CCCC1CCCCN1c1ccc(Br)cn1. The maximum Gasteiger partial charge on any atom is 0.128 e. The van der Waals surface area contributed by atoms with Crippen molar-refractivity contribution in [2.75, 3.05) is 11.4 Å². The first-order valence-corrected chi connectivity index (χ1v) is 6.98. The molecular weight excluding hydrogens is 264 g/mol. The van der Waals surface area contributed by atoms with Gasteiger partial charge in [-0.25, -0.2) is 4.98 Å². The lowest BCUT2D eigenvalue weighted by atomic mass is 9.98. The molecule has 2 nitrogen and oxygen atoms in total. The van der Waals surface area contributed by atoms with E-state index < -0.39 is 0 Å². The molecule has 0 radical (unpaired) electrons. The van der Waals surface area contributed by atoms with Gasteiger partial charge in [-0.2, -0.15) is 0 Å². The third kappa shape index (κ3) is 2.76. The maximum atomic E-state index is 4.51. The van der Waals surface area contributed by atoms with Crippen LogP contribution in [0.4, 0.5) is 5.82 Å². The molecule has 1 unspecified atom stereocenters. The van der Waals surface area contributed by atoms with Gasteiger partial charge in [0.05, 0.1) is 0 Å². The first kappa shape index (κ1) is 11.9. The highest BCUT2D eigenvalue weighted by Gasteiger charge is 2.22. The molecule has 0 saturated carbocycles. The Morgan fingerprint density at radius 3 is 3.00 bits per heavy atom. The normalized spacial score (nSPS) is 21.1. The van der Waals surface area contributed by atoms with E-state index in [-0.39, 0.29) is 0 Å². The zero-order valence-electron chi connectivity index (χ0n) is 9.82. The zero-order valence-corrected chi connectivity index (χ0v) is 11.4. The van der Waals surface area contributed by atoms with Crippen molar-refractivity contribution in [1.29, 1.82) is 0 Å². The molecule has 1 aromatic rings. The summed E-state index contributed by atoms with van der Waals surface area (Å²) in [5.41, 5.74) is 0. The number of hydrogen-bond acceptors (Lipinski definition) is 2. The average molecular weight is 283 g/mol. The molecule has 2 heterocycles. The van der Waals surface area contributed by atoms with Crippen LogP contribution in [0.2, 0.25) is 0 Å². The highest BCUT2D eigenvalue weighted by molar-refractivity contribution is 9.10. The number of piperidine rings is 1. The van der Waals surface area contributed by atoms with Crippen molar-refractivity contribution in [3.05, 3.63) is 22.8 Å². The second-order valence-corrected chi connectivity index (χ2v) is 5.38. The van der Waals surface area contributed by atoms with E-state index in [1.807, 2.05) is 6.20 Å². The summed E-state index contributed by atoms with van der Waals surface area (Å²) in [4.78, 5) is 7.00. The number of anilines is 1. The van der Waals surface area contributed by atoms with Crippen LogP contribution in [-0.4, -0.2) is 17.6 Å². The Morgan fingerprint density at radius 2 is 2.31 bits per heavy atom. The van der Waals surface area contributed by atoms with E-state index in [1.165, 1.54) is 38.6 Å². The first-order chi connectivity index (χ1) is 7.81. The number of pyridine rings is 1. The van der Waals surface area contributed by atoms with E-state index in [0.29, 0.717) is 6.04 Å². The van der Waals surface area contributed by atoms with Gasteiger partial charge >= 0.3 is 0 Å². The molecule has 0 amide bonds. The molecular formula is C13H19BrN2. The summed E-state index contributed by atoms with van der Waals surface area (Å²) in [5.74, 6) is 1.14. The van der Waals surface area contributed by atoms with Gasteiger partial charge in [0.15, 0.2) is 0 Å². The topological polar surface area (TPSA) is 16.1 Å². The van der Waals surface area contributed by atoms with Crippen molar-refractivity contribution in [3.8, 4) is 0 Å². The molecule has 0 aromatic carbocycles. The molecule has 1 aromatic heterocycles. The molecule has 3 heteroatoms. The predicted octanol–water partition coefficient (Wildman–Crippen LogP) is 4.00. The molecule has 1 fully saturated rings. The van der Waals surface area contributed by atoms with Crippen LogP contribution >= 0.6 is 15.9 Å². The van der Waals surface area contributed by atoms with Gasteiger partial charge in [-0.15, -0.1) is 0 Å². The summed E-state index contributed by atoms with van der Waals surface area (Å²) in [5, 5.41) is 0. The van der Waals surface area contributed by atoms with Crippen LogP contribution in [0.3, 0.4) is 0 Å². The Balaban J connectivity index is 2.13. The lowest BCUT2D eigenvalue weighted by Crippen LogP contribution is -2.39. The van der Waals surface area contributed by atoms with Crippen molar-refractivity contribution < 1.29 is 0 Å². The fourth-order valence-electron chi connectivity index (χ4n) is 2.47. The van der Waals surface area contributed by atoms with Crippen LogP contribution in [0.1, 0.15) is 39.0 Å². The van der Waals surface area contributed by atoms with Crippen LogP contribution < -0.4 is 4.90 Å². The van der Waals surface area contributed by atoms with Gasteiger partial charge in [0.25, 0.3) is 0 Å². The molecule has 1 atom stereocenters. The van der Waals surface area contributed by atoms with E-state index >= 15 is 0 Å². The molecule has 1 aliphatic rings. The average Bonchev–Trinajstić information content (AvgIpc) is 2.32. The third-order valence-corrected chi connectivity index (χ3v) is 3.72. The second kappa shape index (κ2) is 5.67. The van der Waals surface area contributed by atoms with E-state index in [1.54, 1.807) is 0 Å². The molecule has 0 bridgehead atoms. The summed E-state index contributed by atoms with van der Waals surface area (Å²) < 4.78 is 1.06. The summed E-state index contributed by atoms with van der Waals surface area (Å²) >= 11 is 3.43. The van der Waals surface area contributed by atoms with Gasteiger partial charge in [-0.1, -0.05) is 13.3 Å². The molecule has 0 aliphatic carbocycles. The Kier molecular flexibility index (Phi) is 4.22. The summed E-state index contributed by atoms with van der Waals surface area (Å²) in [6.45, 7) is 3.43. The van der Waals surface area contributed by atoms with E-state index in [4.69, 9.17) is 0 Å². The van der Waals surface area contributed by atoms with Crippen molar-refractivity contribution in [2.45, 2.75) is 45.1 Å². The fraction of sp³-hybridized carbons (Fsp3) is 0.615. The van der Waals surface area contributed by atoms with Crippen LogP contribution in [0.15, 0.2) is 22.8 Å². The summed E-state index contributed by atoms with van der Waals surface area (Å²) in [6.07, 6.45) is 8.45. The zero-order chi connectivity index (χ0) is 11.4. The minimum Gasteiger partial charge on any atom is -0.354 e. The van der Waals surface area contributed by atoms with Crippen molar-refractivity contribution in [3.63, 3.8) is 0 Å². The number of rotatable bonds is 3. The Hall–Kier alpha value is -0.570. The Bertz CT molecular complexity index is 321. The summed E-state index contributed by atoms with van der Waals surface area (Å²) in [7, 11) is 0. The van der Waals surface area contributed by atoms with Crippen molar-refractivity contribution in [2.24, 2.45) is 0 Å². The van der Waals surface area contributed by atoms with Gasteiger partial charge in [-0.05, 0) is 53.7 Å². The minimum absolute atomic E-state index is 0.701. The van der Waals surface area contributed by atoms with Gasteiger partial charge < -0.3 is 4.90 Å². The van der Waals surface area contributed by atoms with Gasteiger partial charge in [0, 0.05) is 23.3 Å². The van der Waals surface area contributed by atoms with Crippen molar-refractivity contribution in [1.82, 2.24) is 4.98 Å². The second-order valence-electron chi connectivity index (χ2n) is 4.47. The van der Waals surface area contributed by atoms with E-state index in [2.05, 4.69) is 44.9 Å². The quantitative estimate of drug-likeness (QED) is 0.833. The molecule has 16 heavy (non-hydrogen) atoms. The lowest BCUT2D eigenvalue weighted by molar-refractivity contribution is 0.432. The van der Waals surface area contributed by atoms with Gasteiger partial charge in [0.1, 0.15) is 5.82 Å². The monoisotopic (exact) mass is 282 g/mol. The molecule has 0 N–H and O–H groups in total. The van der Waals surface area contributed by atoms with Crippen LogP contribution in [0.25, 0.3) is 0 Å². The first-order valence-electron chi connectivity index (χ1n) is 6.19. The highest BCUT2D eigenvalue weighted by Crippen LogP contribution is 2.26. The molecule has 88 valence electrons. The van der Waals surface area contributed by atoms with Crippen LogP contribution in [0.5, 0.6) is 0 Å². The largest absolute Gasteiger partial charge is 0.354 e. The van der Waals surface area contributed by atoms with Gasteiger partial charge in [-0.3, -0.25) is 0 Å². The Morgan fingerprint density at radius 1 is 1.44 bits per heavy atom. The maximum absolute atomic E-state index is 4.51. The fourth-order valence-corrected chi connectivity index (χ4v) is 2.71. The van der Waals surface area contributed by atoms with Crippen LogP contribution in [-0.2, 0) is 0 Å². The van der Waals surface area contributed by atoms with Crippen LogP contribution in [0, 0.1) is 0 Å². The number of hydrogen-bond donors (Lipinski definition) is 0.